The number of aryl methyl sites for hydroxylation is 1. The summed E-state index contributed by atoms with van der Waals surface area (Å²) in [6, 6.07) is 0. The molecule has 7 atom stereocenters. The zero-order valence-electron chi connectivity index (χ0n) is 24.5. The molecule has 6 N–H and O–H groups in total. The van der Waals surface area contributed by atoms with E-state index in [1.165, 1.54) is 35.5 Å². The van der Waals surface area contributed by atoms with Gasteiger partial charge in [-0.05, 0) is 33.6 Å². The smallest absolute Gasteiger partial charge is 0.394 e. The predicted octanol–water partition coefficient (Wildman–Crippen LogP) is -0.270. The van der Waals surface area contributed by atoms with Crippen LogP contribution in [-0.2, 0) is 23.1 Å². The summed E-state index contributed by atoms with van der Waals surface area (Å²) in [7, 11) is -4.05. The molecule has 44 heavy (non-hydrogen) atoms. The van der Waals surface area contributed by atoms with E-state index in [0.717, 1.165) is 12.8 Å². The van der Waals surface area contributed by atoms with Crippen molar-refractivity contribution in [3.63, 3.8) is 0 Å². The molecule has 0 aliphatic carbocycles. The lowest BCUT2D eigenvalue weighted by Gasteiger charge is -2.32. The largest absolute Gasteiger partial charge is 0.408 e. The van der Waals surface area contributed by atoms with Crippen LogP contribution >= 0.6 is 7.75 Å². The van der Waals surface area contributed by atoms with Crippen molar-refractivity contribution in [3.8, 4) is 0 Å². The molecule has 5 heterocycles. The quantitative estimate of drug-likeness (QED) is 0.160. The monoisotopic (exact) mass is 640 g/mol. The van der Waals surface area contributed by atoms with Crippen molar-refractivity contribution >= 4 is 24.9 Å². The average molecular weight is 641 g/mol. The van der Waals surface area contributed by atoms with Crippen LogP contribution in [0.1, 0.15) is 51.1 Å². The minimum Gasteiger partial charge on any atom is -0.394 e. The highest BCUT2D eigenvalue weighted by atomic mass is 31.2. The summed E-state index contributed by atoms with van der Waals surface area (Å²) < 4.78 is 42.6. The standard InChI is InChI=1S/C25H37N8O10P/c1-13-9-32(25(38)30-22(13)36)15(3)41-18(14(2)35)11-40-44(39,31-6-4-5-7-31)43-16-8-19(42-17(16)10-34)33-12-27-20-21(33)28-24(26)29-23(20)37/h9,12,14-19,34-35H,4-8,10-11H2,1-3H3,(H,30,36,38)(H3,26,28,29,37)/t14-,15?,16-,17-,18-,19-,44?/m1/s1. The van der Waals surface area contributed by atoms with Gasteiger partial charge < -0.3 is 25.4 Å². The number of aromatic nitrogens is 6. The zero-order chi connectivity index (χ0) is 31.8. The molecule has 3 aromatic rings. The Bertz CT molecular complexity index is 1700. The lowest BCUT2D eigenvalue weighted by Crippen LogP contribution is -2.38. The number of aliphatic hydroxyl groups excluding tert-OH is 2. The number of rotatable bonds is 12. The molecule has 19 heteroatoms. The van der Waals surface area contributed by atoms with E-state index in [4.69, 9.17) is 24.3 Å². The van der Waals surface area contributed by atoms with Crippen LogP contribution < -0.4 is 22.5 Å². The zero-order valence-corrected chi connectivity index (χ0v) is 25.4. The molecule has 2 aliphatic heterocycles. The number of ether oxygens (including phenoxy) is 2. The predicted molar refractivity (Wildman–Crippen MR) is 155 cm³/mol. The van der Waals surface area contributed by atoms with Crippen LogP contribution in [0.2, 0.25) is 0 Å². The Morgan fingerprint density at radius 3 is 2.61 bits per heavy atom. The second-order valence-electron chi connectivity index (χ2n) is 10.9. The highest BCUT2D eigenvalue weighted by Crippen LogP contribution is 2.56. The van der Waals surface area contributed by atoms with Crippen molar-refractivity contribution in [3.05, 3.63) is 49.3 Å². The Hall–Kier alpha value is -3.22. The molecule has 0 amide bonds. The molecule has 0 aromatic carbocycles. The summed E-state index contributed by atoms with van der Waals surface area (Å²) >= 11 is 0. The fourth-order valence-electron chi connectivity index (χ4n) is 5.23. The van der Waals surface area contributed by atoms with Crippen molar-refractivity contribution in [2.24, 2.45) is 0 Å². The maximum atomic E-state index is 14.4. The van der Waals surface area contributed by atoms with Crippen LogP contribution in [0.15, 0.2) is 26.9 Å². The van der Waals surface area contributed by atoms with Gasteiger partial charge in [-0.15, -0.1) is 0 Å². The van der Waals surface area contributed by atoms with E-state index < -0.39 is 68.0 Å². The number of nitrogens with zero attached hydrogens (tertiary/aromatic N) is 5. The molecule has 2 unspecified atom stereocenters. The van der Waals surface area contributed by atoms with E-state index in [2.05, 4.69) is 19.9 Å². The van der Waals surface area contributed by atoms with Crippen LogP contribution in [0.4, 0.5) is 5.95 Å². The average Bonchev–Trinajstić information content (AvgIpc) is 3.73. The van der Waals surface area contributed by atoms with Gasteiger partial charge in [0, 0.05) is 31.3 Å². The molecule has 0 bridgehead atoms. The van der Waals surface area contributed by atoms with Crippen LogP contribution in [0, 0.1) is 6.92 Å². The van der Waals surface area contributed by atoms with E-state index in [1.807, 2.05) is 0 Å². The summed E-state index contributed by atoms with van der Waals surface area (Å²) in [5.74, 6) is -0.106. The number of H-pyrrole nitrogens is 2. The second-order valence-corrected chi connectivity index (χ2v) is 12.9. The third-order valence-electron chi connectivity index (χ3n) is 7.67. The number of nitrogen functional groups attached to an aromatic ring is 1. The van der Waals surface area contributed by atoms with Gasteiger partial charge in [0.05, 0.1) is 25.6 Å². The molecular formula is C25H37N8O10P. The van der Waals surface area contributed by atoms with Crippen LogP contribution in [0.3, 0.4) is 0 Å². The molecule has 0 saturated carbocycles. The second kappa shape index (κ2) is 13.0. The third kappa shape index (κ3) is 6.57. The third-order valence-corrected chi connectivity index (χ3v) is 9.77. The van der Waals surface area contributed by atoms with Crippen molar-refractivity contribution in [1.29, 1.82) is 0 Å². The first-order valence-corrected chi connectivity index (χ1v) is 15.7. The van der Waals surface area contributed by atoms with Gasteiger partial charge in [0.15, 0.2) is 11.2 Å². The fourth-order valence-corrected chi connectivity index (χ4v) is 7.26. The van der Waals surface area contributed by atoms with Crippen LogP contribution in [-0.4, -0.2) is 94.7 Å². The van der Waals surface area contributed by atoms with Crippen molar-refractivity contribution < 1.29 is 33.3 Å². The lowest BCUT2D eigenvalue weighted by atomic mass is 10.2. The summed E-state index contributed by atoms with van der Waals surface area (Å²) in [6.45, 7) is 4.58. The highest BCUT2D eigenvalue weighted by molar-refractivity contribution is 7.51. The number of fused-ring (bicyclic) bond motifs is 1. The highest BCUT2D eigenvalue weighted by Gasteiger charge is 2.46. The Kier molecular flexibility index (Phi) is 9.52. The van der Waals surface area contributed by atoms with Gasteiger partial charge in [0.2, 0.25) is 5.95 Å². The lowest BCUT2D eigenvalue weighted by molar-refractivity contribution is -0.112. The van der Waals surface area contributed by atoms with E-state index in [-0.39, 0.29) is 30.1 Å². The molecule has 2 fully saturated rings. The molecule has 2 saturated heterocycles. The van der Waals surface area contributed by atoms with Crippen molar-refractivity contribution in [1.82, 2.24) is 33.7 Å². The Labute approximate surface area is 250 Å². The van der Waals surface area contributed by atoms with Gasteiger partial charge in [-0.2, -0.15) is 4.98 Å². The number of aliphatic hydroxyl groups is 2. The van der Waals surface area contributed by atoms with E-state index in [1.54, 1.807) is 11.6 Å². The Morgan fingerprint density at radius 2 is 1.93 bits per heavy atom. The summed E-state index contributed by atoms with van der Waals surface area (Å²) in [4.78, 5) is 49.2. The van der Waals surface area contributed by atoms with Gasteiger partial charge in [0.25, 0.3) is 11.1 Å². The Morgan fingerprint density at radius 1 is 1.20 bits per heavy atom. The molecule has 0 radical (unpaired) electrons. The molecule has 5 rings (SSSR count). The number of anilines is 1. The first kappa shape index (κ1) is 32.2. The van der Waals surface area contributed by atoms with E-state index >= 15 is 0 Å². The summed E-state index contributed by atoms with van der Waals surface area (Å²) in [5.41, 5.74) is 4.50. The van der Waals surface area contributed by atoms with Gasteiger partial charge in [0.1, 0.15) is 30.8 Å². The minimum absolute atomic E-state index is 0.0523. The van der Waals surface area contributed by atoms with Crippen molar-refractivity contribution in [2.45, 2.75) is 76.9 Å². The van der Waals surface area contributed by atoms with Crippen LogP contribution in [0.25, 0.3) is 11.2 Å². The molecule has 3 aromatic heterocycles. The molecule has 18 nitrogen and oxygen atoms in total. The minimum atomic E-state index is -4.05. The first-order valence-electron chi connectivity index (χ1n) is 14.2. The number of nitrogens with one attached hydrogen (secondary N) is 2. The maximum absolute atomic E-state index is 14.4. The van der Waals surface area contributed by atoms with Gasteiger partial charge >= 0.3 is 13.4 Å². The number of nitrogens with two attached hydrogens (primary N) is 1. The SMILES string of the molecule is Cc1cn(C(C)O[C@H](COP(=O)(O[C@@H]2C[C@H](n3cnc4c(=O)[nH]c(N)nc43)O[C@@H]2CO)N2CCCC2)[C@@H](C)O)c(=O)[nH]c1=O. The first-order chi connectivity index (χ1) is 20.9. The molecule has 0 spiro atoms. The topological polar surface area (TPSA) is 242 Å². The fraction of sp³-hybridized carbons (Fsp3) is 0.640. The molecule has 2 aliphatic rings. The number of hydrogen-bond donors (Lipinski definition) is 5. The molecule has 242 valence electrons. The summed E-state index contributed by atoms with van der Waals surface area (Å²) in [6.07, 6.45) is -1.33. The van der Waals surface area contributed by atoms with Crippen molar-refractivity contribution in [2.75, 3.05) is 32.0 Å². The van der Waals surface area contributed by atoms with Crippen LogP contribution in [0.5, 0.6) is 0 Å². The maximum Gasteiger partial charge on any atom is 0.408 e. The normalized spacial score (nSPS) is 24.4. The molecular weight excluding hydrogens is 603 g/mol. The Balaban J connectivity index is 1.34. The van der Waals surface area contributed by atoms with E-state index in [0.29, 0.717) is 18.7 Å². The summed E-state index contributed by atoms with van der Waals surface area (Å²) in [5, 5.41) is 20.6. The van der Waals surface area contributed by atoms with Gasteiger partial charge in [-0.25, -0.2) is 19.0 Å². The van der Waals surface area contributed by atoms with Gasteiger partial charge in [-0.1, -0.05) is 0 Å². The number of imidazole rings is 1. The van der Waals surface area contributed by atoms with E-state index in [9.17, 15) is 29.2 Å². The number of aromatic amines is 2. The number of hydrogen-bond acceptors (Lipinski definition) is 13. The van der Waals surface area contributed by atoms with Gasteiger partial charge in [-0.3, -0.25) is 37.7 Å².